The quantitative estimate of drug-likeness (QED) is 0.912. The minimum Gasteiger partial charge on any atom is -0.340 e. The van der Waals surface area contributed by atoms with E-state index in [9.17, 15) is 4.79 Å². The predicted molar refractivity (Wildman–Crippen MR) is 82.9 cm³/mol. The number of hydrogen-bond acceptors (Lipinski definition) is 6. The highest BCUT2D eigenvalue weighted by Gasteiger charge is 2.27. The normalized spacial score (nSPS) is 16.8. The monoisotopic (exact) mass is 320 g/mol. The van der Waals surface area contributed by atoms with Gasteiger partial charge in [-0.15, -0.1) is 21.5 Å². The van der Waals surface area contributed by atoms with Crippen LogP contribution in [0.25, 0.3) is 0 Å². The van der Waals surface area contributed by atoms with E-state index in [-0.39, 0.29) is 11.8 Å². The number of carbonyl (C=O) groups excluding carboxylic acids is 1. The molecule has 3 rings (SSSR count). The molecule has 0 radical (unpaired) electrons. The molecule has 1 fully saturated rings. The smallest absolute Gasteiger partial charge is 0.265 e. The summed E-state index contributed by atoms with van der Waals surface area (Å²) in [4.78, 5) is 19.7. The van der Waals surface area contributed by atoms with Crippen LogP contribution in [0.4, 0.5) is 0 Å². The first kappa shape index (κ1) is 15.1. The van der Waals surface area contributed by atoms with Gasteiger partial charge in [0, 0.05) is 25.4 Å². The summed E-state index contributed by atoms with van der Waals surface area (Å²) in [7, 11) is 1.82. The Bertz CT molecular complexity index is 619. The summed E-state index contributed by atoms with van der Waals surface area (Å²) in [5, 5.41) is 14.0. The van der Waals surface area contributed by atoms with E-state index < -0.39 is 0 Å². The average Bonchev–Trinajstić information content (AvgIpc) is 3.26. The summed E-state index contributed by atoms with van der Waals surface area (Å²) in [6.45, 7) is 2.54. The van der Waals surface area contributed by atoms with E-state index in [2.05, 4.69) is 25.6 Å². The fourth-order valence-corrected chi connectivity index (χ4v) is 3.90. The molecule has 118 valence electrons. The Morgan fingerprint density at radius 3 is 2.95 bits per heavy atom. The van der Waals surface area contributed by atoms with Gasteiger partial charge in [0.1, 0.15) is 4.88 Å². The highest BCUT2D eigenvalue weighted by molar-refractivity contribution is 7.11. The number of H-pyrrole nitrogens is 1. The molecule has 0 aromatic carbocycles. The van der Waals surface area contributed by atoms with Gasteiger partial charge in [-0.25, -0.2) is 4.98 Å². The van der Waals surface area contributed by atoms with Gasteiger partial charge in [0.2, 0.25) is 0 Å². The Morgan fingerprint density at radius 1 is 1.50 bits per heavy atom. The second kappa shape index (κ2) is 6.51. The number of aromatic nitrogens is 5. The van der Waals surface area contributed by atoms with Gasteiger partial charge in [-0.05, 0) is 12.8 Å². The Balaban J connectivity index is 1.69. The standard InChI is InChI=1S/C14H20N6OS/c1-9(13-16-18-19-17-13)7-20(2)14(21)12-11(15-8-22-12)10-5-3-4-6-10/h8-10H,3-7H2,1-2H3,(H,16,17,18,19). The van der Waals surface area contributed by atoms with Crippen molar-refractivity contribution in [3.05, 3.63) is 21.9 Å². The van der Waals surface area contributed by atoms with Crippen LogP contribution >= 0.6 is 11.3 Å². The number of likely N-dealkylation sites (N-methyl/N-ethyl adjacent to an activating group) is 1. The molecule has 2 aromatic heterocycles. The largest absolute Gasteiger partial charge is 0.340 e. The second-order valence-electron chi connectivity index (χ2n) is 5.90. The lowest BCUT2D eigenvalue weighted by atomic mass is 10.0. The third-order valence-corrected chi connectivity index (χ3v) is 5.06. The third kappa shape index (κ3) is 3.01. The first-order valence-corrected chi connectivity index (χ1v) is 8.47. The van der Waals surface area contributed by atoms with E-state index >= 15 is 0 Å². The van der Waals surface area contributed by atoms with Crippen molar-refractivity contribution >= 4 is 17.2 Å². The molecule has 0 saturated heterocycles. The van der Waals surface area contributed by atoms with Crippen LogP contribution < -0.4 is 0 Å². The summed E-state index contributed by atoms with van der Waals surface area (Å²) in [5.41, 5.74) is 2.78. The molecule has 1 saturated carbocycles. The summed E-state index contributed by atoms with van der Waals surface area (Å²) in [6.07, 6.45) is 4.76. The van der Waals surface area contributed by atoms with Crippen molar-refractivity contribution in [2.45, 2.75) is 44.4 Å². The van der Waals surface area contributed by atoms with Crippen LogP contribution in [0.3, 0.4) is 0 Å². The van der Waals surface area contributed by atoms with Crippen molar-refractivity contribution in [2.24, 2.45) is 0 Å². The van der Waals surface area contributed by atoms with E-state index in [0.717, 1.165) is 23.4 Å². The number of nitrogens with zero attached hydrogens (tertiary/aromatic N) is 5. The third-order valence-electron chi connectivity index (χ3n) is 4.23. The van der Waals surface area contributed by atoms with Crippen LogP contribution in [0.2, 0.25) is 0 Å². The molecule has 1 aliphatic carbocycles. The Morgan fingerprint density at radius 2 is 2.27 bits per heavy atom. The van der Waals surface area contributed by atoms with Gasteiger partial charge in [0.15, 0.2) is 5.82 Å². The van der Waals surface area contributed by atoms with Crippen molar-refractivity contribution in [3.8, 4) is 0 Å². The van der Waals surface area contributed by atoms with Gasteiger partial charge in [0.05, 0.1) is 11.2 Å². The molecule has 8 heteroatoms. The minimum atomic E-state index is 0.0375. The first-order chi connectivity index (χ1) is 10.7. The maximum Gasteiger partial charge on any atom is 0.265 e. The van der Waals surface area contributed by atoms with E-state index in [0.29, 0.717) is 18.3 Å². The minimum absolute atomic E-state index is 0.0375. The summed E-state index contributed by atoms with van der Waals surface area (Å²) >= 11 is 1.45. The fourth-order valence-electron chi connectivity index (χ4n) is 3.03. The molecular weight excluding hydrogens is 300 g/mol. The van der Waals surface area contributed by atoms with E-state index in [4.69, 9.17) is 0 Å². The van der Waals surface area contributed by atoms with Gasteiger partial charge >= 0.3 is 0 Å². The fraction of sp³-hybridized carbons (Fsp3) is 0.643. The molecule has 1 unspecified atom stereocenters. The molecule has 1 amide bonds. The summed E-state index contributed by atoms with van der Waals surface area (Å²) < 4.78 is 0. The number of rotatable bonds is 5. The zero-order chi connectivity index (χ0) is 15.5. The van der Waals surface area contributed by atoms with E-state index in [1.807, 2.05) is 14.0 Å². The number of thiazole rings is 1. The van der Waals surface area contributed by atoms with Gasteiger partial charge in [-0.1, -0.05) is 25.0 Å². The number of aromatic amines is 1. The molecule has 1 aliphatic rings. The molecule has 0 spiro atoms. The molecule has 1 atom stereocenters. The van der Waals surface area contributed by atoms with Crippen molar-refractivity contribution in [3.63, 3.8) is 0 Å². The topological polar surface area (TPSA) is 87.7 Å². The molecule has 2 aromatic rings. The van der Waals surface area contributed by atoms with Crippen LogP contribution in [0.1, 0.15) is 65.6 Å². The summed E-state index contributed by atoms with van der Waals surface area (Å²) in [6, 6.07) is 0. The first-order valence-electron chi connectivity index (χ1n) is 7.59. The van der Waals surface area contributed by atoms with E-state index in [1.54, 1.807) is 10.4 Å². The number of nitrogens with one attached hydrogen (secondary N) is 1. The van der Waals surface area contributed by atoms with Gasteiger partial charge in [-0.3, -0.25) is 4.79 Å². The number of amides is 1. The lowest BCUT2D eigenvalue weighted by Crippen LogP contribution is -2.31. The molecular formula is C14H20N6OS. The van der Waals surface area contributed by atoms with Gasteiger partial charge < -0.3 is 4.90 Å². The van der Waals surface area contributed by atoms with Crippen molar-refractivity contribution in [1.82, 2.24) is 30.5 Å². The lowest BCUT2D eigenvalue weighted by molar-refractivity contribution is 0.0790. The maximum atomic E-state index is 12.7. The van der Waals surface area contributed by atoms with Crippen LogP contribution in [-0.2, 0) is 0 Å². The number of hydrogen-bond donors (Lipinski definition) is 1. The highest BCUT2D eigenvalue weighted by Crippen LogP contribution is 2.36. The Kier molecular flexibility index (Phi) is 4.47. The maximum absolute atomic E-state index is 12.7. The zero-order valence-corrected chi connectivity index (χ0v) is 13.6. The lowest BCUT2D eigenvalue weighted by Gasteiger charge is -2.20. The number of carbonyl (C=O) groups is 1. The second-order valence-corrected chi connectivity index (χ2v) is 6.76. The summed E-state index contributed by atoms with van der Waals surface area (Å²) in [5.74, 6) is 1.16. The van der Waals surface area contributed by atoms with Crippen LogP contribution in [-0.4, -0.2) is 50.0 Å². The predicted octanol–water partition coefficient (Wildman–Crippen LogP) is 2.19. The van der Waals surface area contributed by atoms with Crippen molar-refractivity contribution < 1.29 is 4.79 Å². The van der Waals surface area contributed by atoms with Crippen molar-refractivity contribution in [2.75, 3.05) is 13.6 Å². The molecule has 7 nitrogen and oxygen atoms in total. The average molecular weight is 320 g/mol. The van der Waals surface area contributed by atoms with Crippen LogP contribution in [0.5, 0.6) is 0 Å². The van der Waals surface area contributed by atoms with Gasteiger partial charge in [0.25, 0.3) is 5.91 Å². The molecule has 22 heavy (non-hydrogen) atoms. The molecule has 0 aliphatic heterocycles. The zero-order valence-electron chi connectivity index (χ0n) is 12.8. The van der Waals surface area contributed by atoms with E-state index in [1.165, 1.54) is 24.2 Å². The van der Waals surface area contributed by atoms with Crippen molar-refractivity contribution in [1.29, 1.82) is 0 Å². The SMILES string of the molecule is CC(CN(C)C(=O)c1scnc1C1CCCC1)c1nn[nH]n1. The van der Waals surface area contributed by atoms with Crippen LogP contribution in [0, 0.1) is 0 Å². The number of tetrazole rings is 1. The Hall–Kier alpha value is -1.83. The van der Waals surface area contributed by atoms with Crippen LogP contribution in [0.15, 0.2) is 5.51 Å². The molecule has 1 N–H and O–H groups in total. The molecule has 2 heterocycles. The highest BCUT2D eigenvalue weighted by atomic mass is 32.1. The van der Waals surface area contributed by atoms with Gasteiger partial charge in [-0.2, -0.15) is 5.21 Å². The molecule has 0 bridgehead atoms. The Labute approximate surface area is 133 Å².